The van der Waals surface area contributed by atoms with E-state index in [0.29, 0.717) is 6.42 Å². The summed E-state index contributed by atoms with van der Waals surface area (Å²) < 4.78 is 0. The number of hydrogen-bond donors (Lipinski definition) is 1. The summed E-state index contributed by atoms with van der Waals surface area (Å²) >= 11 is 0. The first-order valence-electron chi connectivity index (χ1n) is 12.2. The Kier molecular flexibility index (Phi) is 12.7. The van der Waals surface area contributed by atoms with Gasteiger partial charge in [0.25, 0.3) is 0 Å². The van der Waals surface area contributed by atoms with E-state index in [1.165, 1.54) is 76.0 Å². The summed E-state index contributed by atoms with van der Waals surface area (Å²) in [4.78, 5) is 12.2. The average molecular weight is 408 g/mol. The molecule has 2 nitrogen and oxygen atoms in total. The van der Waals surface area contributed by atoms with E-state index in [4.69, 9.17) is 0 Å². The first kappa shape index (κ1) is 24.2. The standard InChI is InChI=1S/C28H41NO/c1-2-3-4-5-6-7-8-9-10-11-12-13-14-15-16-21-28(30)29-27-23-22-25-19-17-18-20-26(25)24-27/h9-10,17-20,22-24H,2-8,11-16,21H2,1H3,(H,29,30). The van der Waals surface area contributed by atoms with E-state index in [0.717, 1.165) is 23.9 Å². The van der Waals surface area contributed by atoms with Crippen LogP contribution in [0.5, 0.6) is 0 Å². The number of nitrogens with one attached hydrogen (secondary N) is 1. The highest BCUT2D eigenvalue weighted by molar-refractivity contribution is 5.94. The second kappa shape index (κ2) is 15.7. The number of rotatable bonds is 16. The van der Waals surface area contributed by atoms with Crippen LogP contribution in [0.4, 0.5) is 5.69 Å². The molecule has 0 saturated carbocycles. The lowest BCUT2D eigenvalue weighted by Crippen LogP contribution is -2.10. The Hall–Kier alpha value is -2.09. The predicted molar refractivity (Wildman–Crippen MR) is 132 cm³/mol. The molecule has 1 N–H and O–H groups in total. The lowest BCUT2D eigenvalue weighted by molar-refractivity contribution is -0.116. The molecular weight excluding hydrogens is 366 g/mol. The summed E-state index contributed by atoms with van der Waals surface area (Å²) in [5, 5.41) is 5.40. The summed E-state index contributed by atoms with van der Waals surface area (Å²) in [7, 11) is 0. The monoisotopic (exact) mass is 407 g/mol. The smallest absolute Gasteiger partial charge is 0.224 e. The Morgan fingerprint density at radius 3 is 2.03 bits per heavy atom. The molecule has 2 rings (SSSR count). The molecule has 164 valence electrons. The third-order valence-electron chi connectivity index (χ3n) is 5.70. The summed E-state index contributed by atoms with van der Waals surface area (Å²) in [5.74, 6) is 0.128. The van der Waals surface area contributed by atoms with Crippen LogP contribution in [0.1, 0.15) is 96.8 Å². The second-order valence-electron chi connectivity index (χ2n) is 8.44. The molecule has 0 aromatic heterocycles. The molecule has 0 fully saturated rings. The fraction of sp³-hybridized carbons (Fsp3) is 0.536. The molecule has 0 spiro atoms. The molecule has 0 saturated heterocycles. The van der Waals surface area contributed by atoms with Crippen LogP contribution in [0.15, 0.2) is 54.6 Å². The molecule has 2 aromatic rings. The molecule has 0 aliphatic rings. The van der Waals surface area contributed by atoms with Gasteiger partial charge in [-0.3, -0.25) is 4.79 Å². The lowest BCUT2D eigenvalue weighted by Gasteiger charge is -2.07. The van der Waals surface area contributed by atoms with Crippen molar-refractivity contribution in [3.8, 4) is 0 Å². The molecule has 0 radical (unpaired) electrons. The Balaban J connectivity index is 1.43. The minimum absolute atomic E-state index is 0.128. The van der Waals surface area contributed by atoms with Crippen LogP contribution in [-0.2, 0) is 4.79 Å². The van der Waals surface area contributed by atoms with Crippen molar-refractivity contribution < 1.29 is 4.79 Å². The zero-order chi connectivity index (χ0) is 21.3. The van der Waals surface area contributed by atoms with Gasteiger partial charge in [0.05, 0.1) is 0 Å². The van der Waals surface area contributed by atoms with Crippen molar-refractivity contribution in [2.24, 2.45) is 0 Å². The fourth-order valence-electron chi connectivity index (χ4n) is 3.85. The third-order valence-corrected chi connectivity index (χ3v) is 5.70. The number of carbonyl (C=O) groups excluding carboxylic acids is 1. The van der Waals surface area contributed by atoms with Crippen molar-refractivity contribution >= 4 is 22.4 Å². The van der Waals surface area contributed by atoms with Gasteiger partial charge in [-0.15, -0.1) is 0 Å². The highest BCUT2D eigenvalue weighted by Gasteiger charge is 2.03. The molecule has 2 heteroatoms. The number of unbranched alkanes of at least 4 members (excludes halogenated alkanes) is 11. The molecule has 0 aliphatic carbocycles. The first-order valence-corrected chi connectivity index (χ1v) is 12.2. The van der Waals surface area contributed by atoms with E-state index < -0.39 is 0 Å². The molecule has 1 amide bonds. The van der Waals surface area contributed by atoms with Crippen molar-refractivity contribution in [1.82, 2.24) is 0 Å². The van der Waals surface area contributed by atoms with Crippen molar-refractivity contribution in [1.29, 1.82) is 0 Å². The first-order chi connectivity index (χ1) is 14.8. The summed E-state index contributed by atoms with van der Waals surface area (Å²) in [6.07, 6.45) is 22.0. The third kappa shape index (κ3) is 10.6. The van der Waals surface area contributed by atoms with Gasteiger partial charge in [0, 0.05) is 12.1 Å². The molecule has 30 heavy (non-hydrogen) atoms. The van der Waals surface area contributed by atoms with Gasteiger partial charge in [0.15, 0.2) is 0 Å². The van der Waals surface area contributed by atoms with E-state index in [1.54, 1.807) is 0 Å². The Bertz CT molecular complexity index is 749. The number of amides is 1. The van der Waals surface area contributed by atoms with Crippen molar-refractivity contribution in [3.05, 3.63) is 54.6 Å². The molecule has 0 atom stereocenters. The van der Waals surface area contributed by atoms with Crippen LogP contribution in [0, 0.1) is 0 Å². The number of benzene rings is 2. The van der Waals surface area contributed by atoms with Crippen LogP contribution < -0.4 is 5.32 Å². The summed E-state index contributed by atoms with van der Waals surface area (Å²) in [6.45, 7) is 2.27. The van der Waals surface area contributed by atoms with E-state index in [2.05, 4.69) is 42.6 Å². The minimum atomic E-state index is 0.128. The highest BCUT2D eigenvalue weighted by Crippen LogP contribution is 2.19. The quantitative estimate of drug-likeness (QED) is 0.218. The van der Waals surface area contributed by atoms with E-state index in [9.17, 15) is 4.79 Å². The molecule has 0 heterocycles. The van der Waals surface area contributed by atoms with Crippen LogP contribution >= 0.6 is 0 Å². The summed E-state index contributed by atoms with van der Waals surface area (Å²) in [6, 6.07) is 14.3. The number of hydrogen-bond acceptors (Lipinski definition) is 1. The lowest BCUT2D eigenvalue weighted by atomic mass is 10.1. The SMILES string of the molecule is CCCCCCCCC=CCCCCCCCC(=O)Nc1ccc2ccccc2c1. The Labute approximate surface area is 184 Å². The van der Waals surface area contributed by atoms with Crippen molar-refractivity contribution in [2.45, 2.75) is 96.8 Å². The number of anilines is 1. The molecule has 0 unspecified atom stereocenters. The Morgan fingerprint density at radius 2 is 1.33 bits per heavy atom. The maximum absolute atomic E-state index is 12.2. The van der Waals surface area contributed by atoms with Crippen LogP contribution in [0.2, 0.25) is 0 Å². The van der Waals surface area contributed by atoms with Crippen LogP contribution in [0.3, 0.4) is 0 Å². The van der Waals surface area contributed by atoms with Gasteiger partial charge in [0.2, 0.25) is 5.91 Å². The fourth-order valence-corrected chi connectivity index (χ4v) is 3.85. The van der Waals surface area contributed by atoms with Gasteiger partial charge >= 0.3 is 0 Å². The van der Waals surface area contributed by atoms with Crippen molar-refractivity contribution in [2.75, 3.05) is 5.32 Å². The summed E-state index contributed by atoms with van der Waals surface area (Å²) in [5.41, 5.74) is 0.895. The molecule has 2 aromatic carbocycles. The van der Waals surface area contributed by atoms with Gasteiger partial charge in [-0.2, -0.15) is 0 Å². The van der Waals surface area contributed by atoms with Gasteiger partial charge in [-0.25, -0.2) is 0 Å². The maximum atomic E-state index is 12.2. The zero-order valence-electron chi connectivity index (χ0n) is 19.0. The van der Waals surface area contributed by atoms with Gasteiger partial charge < -0.3 is 5.32 Å². The van der Waals surface area contributed by atoms with E-state index in [1.807, 2.05) is 24.3 Å². The number of fused-ring (bicyclic) bond motifs is 1. The Morgan fingerprint density at radius 1 is 0.733 bits per heavy atom. The van der Waals surface area contributed by atoms with Crippen molar-refractivity contribution in [3.63, 3.8) is 0 Å². The minimum Gasteiger partial charge on any atom is -0.326 e. The topological polar surface area (TPSA) is 29.1 Å². The molecule has 0 aliphatic heterocycles. The van der Waals surface area contributed by atoms with E-state index >= 15 is 0 Å². The van der Waals surface area contributed by atoms with E-state index in [-0.39, 0.29) is 5.91 Å². The largest absolute Gasteiger partial charge is 0.326 e. The zero-order valence-corrected chi connectivity index (χ0v) is 19.0. The maximum Gasteiger partial charge on any atom is 0.224 e. The number of carbonyl (C=O) groups is 1. The van der Waals surface area contributed by atoms with Gasteiger partial charge in [0.1, 0.15) is 0 Å². The van der Waals surface area contributed by atoms with Crippen LogP contribution in [-0.4, -0.2) is 5.91 Å². The predicted octanol–water partition coefficient (Wildman–Crippen LogP) is 8.82. The molecular formula is C28H41NO. The van der Waals surface area contributed by atoms with Gasteiger partial charge in [-0.1, -0.05) is 101 Å². The van der Waals surface area contributed by atoms with Gasteiger partial charge in [-0.05, 0) is 55.0 Å². The highest BCUT2D eigenvalue weighted by atomic mass is 16.1. The number of allylic oxidation sites excluding steroid dienone is 2. The second-order valence-corrected chi connectivity index (χ2v) is 8.44. The van der Waals surface area contributed by atoms with Crippen LogP contribution in [0.25, 0.3) is 10.8 Å². The average Bonchev–Trinajstić information content (AvgIpc) is 2.76. The normalized spacial score (nSPS) is 11.4. The molecule has 0 bridgehead atoms.